The number of carboxylic acid groups (broad SMARTS) is 1. The molecule has 0 spiro atoms. The second kappa shape index (κ2) is 7.80. The molecule has 5 heteroatoms. The maximum Gasteiger partial charge on any atom is 0.310 e. The smallest absolute Gasteiger partial charge is 0.310 e. The van der Waals surface area contributed by atoms with E-state index in [0.29, 0.717) is 24.2 Å². The van der Waals surface area contributed by atoms with Crippen LogP contribution in [-0.4, -0.2) is 45.2 Å². The fraction of sp³-hybridized carbons (Fsp3) is 0.900. The minimum atomic E-state index is -0.907. The Morgan fingerprint density at radius 2 is 1.69 bits per heavy atom. The Hall–Kier alpha value is -0.910. The summed E-state index contributed by atoms with van der Waals surface area (Å²) in [4.78, 5) is 12.8. The molecule has 5 aliphatic rings. The summed E-state index contributed by atoms with van der Waals surface area (Å²) >= 11 is 0. The van der Waals surface area contributed by atoms with Crippen LogP contribution in [0.2, 0.25) is 0 Å². The fourth-order valence-corrected chi connectivity index (χ4v) is 11.0. The van der Waals surface area contributed by atoms with Gasteiger partial charge in [-0.25, -0.2) is 0 Å². The van der Waals surface area contributed by atoms with Crippen LogP contribution in [0.5, 0.6) is 0 Å². The molecule has 0 bridgehead atoms. The van der Waals surface area contributed by atoms with Gasteiger partial charge >= 0.3 is 5.97 Å². The first kappa shape index (κ1) is 25.7. The molecule has 0 aromatic carbocycles. The molecule has 0 amide bonds. The third-order valence-corrected chi connectivity index (χ3v) is 13.5. The summed E-state index contributed by atoms with van der Waals surface area (Å²) < 4.78 is 0. The van der Waals surface area contributed by atoms with Crippen LogP contribution in [-0.2, 0) is 4.79 Å². The van der Waals surface area contributed by atoms with Crippen molar-refractivity contribution < 1.29 is 25.2 Å². The van der Waals surface area contributed by atoms with E-state index in [9.17, 15) is 25.2 Å². The third-order valence-electron chi connectivity index (χ3n) is 13.5. The van der Waals surface area contributed by atoms with Crippen LogP contribution in [0.1, 0.15) is 92.9 Å². The minimum absolute atomic E-state index is 0.00815. The largest absolute Gasteiger partial charge is 0.481 e. The molecule has 0 radical (unpaired) electrons. The van der Waals surface area contributed by atoms with Crippen molar-refractivity contribution >= 4 is 5.97 Å². The molecule has 35 heavy (non-hydrogen) atoms. The van der Waals surface area contributed by atoms with Crippen molar-refractivity contribution in [2.45, 2.75) is 105 Å². The van der Waals surface area contributed by atoms with E-state index in [1.165, 1.54) is 5.57 Å². The molecule has 198 valence electrons. The van der Waals surface area contributed by atoms with Crippen LogP contribution in [0.3, 0.4) is 0 Å². The van der Waals surface area contributed by atoms with E-state index in [0.717, 1.165) is 44.9 Å². The lowest BCUT2D eigenvalue weighted by Gasteiger charge is -2.71. The summed E-state index contributed by atoms with van der Waals surface area (Å²) in [5.74, 6) is 0.828. The molecule has 5 rings (SSSR count). The highest BCUT2D eigenvalue weighted by Gasteiger charge is 2.70. The first-order chi connectivity index (χ1) is 16.2. The van der Waals surface area contributed by atoms with E-state index in [1.807, 2.05) is 6.92 Å². The number of hydrogen-bond acceptors (Lipinski definition) is 4. The standard InChI is InChI=1S/C30H48O5/c1-17-9-12-30(25(34)35)14-13-28(5)19(23(30)18(17)2)7-8-22-26(3)15-20(32)24(33)27(4,16-31)21(26)10-11-29(22,28)6/h7,17-18,20-24,31-33H,8-16H2,1-6H3,(H,34,35)/t17-,18+,20-,21?,22-,23-,24-,26+,27?,28-,29-,30+/m1/s1. The minimum Gasteiger partial charge on any atom is -0.481 e. The molecule has 4 saturated carbocycles. The van der Waals surface area contributed by atoms with Crippen LogP contribution in [0.4, 0.5) is 0 Å². The van der Waals surface area contributed by atoms with Gasteiger partial charge in [-0.3, -0.25) is 4.79 Å². The van der Waals surface area contributed by atoms with Gasteiger partial charge in [-0.1, -0.05) is 53.2 Å². The van der Waals surface area contributed by atoms with Gasteiger partial charge in [0.05, 0.1) is 24.2 Å². The van der Waals surface area contributed by atoms with Crippen molar-refractivity contribution in [2.24, 2.45) is 56.7 Å². The van der Waals surface area contributed by atoms with E-state index in [1.54, 1.807) is 0 Å². The van der Waals surface area contributed by atoms with Gasteiger partial charge in [0.2, 0.25) is 0 Å². The Balaban J connectivity index is 1.62. The van der Waals surface area contributed by atoms with Gasteiger partial charge in [-0.2, -0.15) is 0 Å². The molecule has 0 aliphatic heterocycles. The van der Waals surface area contributed by atoms with Gasteiger partial charge < -0.3 is 20.4 Å². The van der Waals surface area contributed by atoms with Crippen molar-refractivity contribution in [3.63, 3.8) is 0 Å². The van der Waals surface area contributed by atoms with Crippen LogP contribution >= 0.6 is 0 Å². The molecule has 12 atom stereocenters. The second-order valence-electron chi connectivity index (χ2n) is 14.5. The number of allylic oxidation sites excluding steroid dienone is 2. The van der Waals surface area contributed by atoms with E-state index in [-0.39, 0.29) is 34.7 Å². The number of rotatable bonds is 2. The third kappa shape index (κ3) is 2.95. The van der Waals surface area contributed by atoms with Crippen molar-refractivity contribution in [1.82, 2.24) is 0 Å². The van der Waals surface area contributed by atoms with E-state index < -0.39 is 29.0 Å². The van der Waals surface area contributed by atoms with E-state index >= 15 is 0 Å². The van der Waals surface area contributed by atoms with Crippen LogP contribution in [0.15, 0.2) is 11.6 Å². The number of fused-ring (bicyclic) bond motifs is 7. The Labute approximate surface area is 211 Å². The lowest BCUT2D eigenvalue weighted by molar-refractivity contribution is -0.244. The fourth-order valence-electron chi connectivity index (χ4n) is 11.0. The van der Waals surface area contributed by atoms with E-state index in [4.69, 9.17) is 0 Å². The molecule has 5 aliphatic carbocycles. The quantitative estimate of drug-likeness (QED) is 0.409. The van der Waals surface area contributed by atoms with Crippen molar-refractivity contribution in [3.05, 3.63) is 11.6 Å². The van der Waals surface area contributed by atoms with Crippen molar-refractivity contribution in [1.29, 1.82) is 0 Å². The highest BCUT2D eigenvalue weighted by molar-refractivity contribution is 5.76. The topological polar surface area (TPSA) is 98.0 Å². The zero-order chi connectivity index (χ0) is 25.8. The normalized spacial score (nSPS) is 57.7. The predicted molar refractivity (Wildman–Crippen MR) is 135 cm³/mol. The van der Waals surface area contributed by atoms with Gasteiger partial charge in [0.1, 0.15) is 0 Å². The molecule has 0 heterocycles. The monoisotopic (exact) mass is 488 g/mol. The molecule has 4 N–H and O–H groups in total. The van der Waals surface area contributed by atoms with Crippen LogP contribution < -0.4 is 0 Å². The van der Waals surface area contributed by atoms with Gasteiger partial charge in [-0.05, 0) is 97.2 Å². The molecular formula is C30H48O5. The number of hydrogen-bond donors (Lipinski definition) is 4. The van der Waals surface area contributed by atoms with Gasteiger partial charge in [-0.15, -0.1) is 0 Å². The number of aliphatic hydroxyl groups excluding tert-OH is 3. The first-order valence-corrected chi connectivity index (χ1v) is 14.1. The summed E-state index contributed by atoms with van der Waals surface area (Å²) in [5.41, 5.74) is -0.214. The van der Waals surface area contributed by atoms with Gasteiger partial charge in [0, 0.05) is 5.41 Å². The summed E-state index contributed by atoms with van der Waals surface area (Å²) in [7, 11) is 0. The molecule has 0 saturated heterocycles. The summed E-state index contributed by atoms with van der Waals surface area (Å²) in [6, 6.07) is 0. The van der Waals surface area contributed by atoms with Crippen molar-refractivity contribution in [3.8, 4) is 0 Å². The van der Waals surface area contributed by atoms with Gasteiger partial charge in [0.15, 0.2) is 0 Å². The molecule has 4 fully saturated rings. The van der Waals surface area contributed by atoms with Gasteiger partial charge in [0.25, 0.3) is 0 Å². The van der Waals surface area contributed by atoms with Crippen molar-refractivity contribution in [2.75, 3.05) is 6.61 Å². The van der Waals surface area contributed by atoms with E-state index in [2.05, 4.69) is 40.7 Å². The van der Waals surface area contributed by atoms with Crippen LogP contribution in [0.25, 0.3) is 0 Å². The molecule has 5 nitrogen and oxygen atoms in total. The lowest BCUT2D eigenvalue weighted by Crippen LogP contribution is -2.68. The van der Waals surface area contributed by atoms with Crippen LogP contribution in [0, 0.1) is 56.7 Å². The Bertz CT molecular complexity index is 930. The Kier molecular flexibility index (Phi) is 5.73. The summed E-state index contributed by atoms with van der Waals surface area (Å²) in [6.07, 6.45) is 7.51. The summed E-state index contributed by atoms with van der Waals surface area (Å²) in [5, 5.41) is 42.9. The number of carboxylic acids is 1. The Morgan fingerprint density at radius 1 is 1.00 bits per heavy atom. The molecule has 0 aromatic heterocycles. The SMILES string of the molecule is C[C@H]1[C@H](C)CC[C@]2(C(=O)O)CC[C@]3(C)C(=CC[C@@H]4[C@@]5(C)C[C@@H](O)[C@@H](O)C(C)(CO)C5CC[C@]43C)[C@@H]12. The number of carbonyl (C=O) groups is 1. The maximum atomic E-state index is 12.8. The summed E-state index contributed by atoms with van der Waals surface area (Å²) in [6.45, 7) is 13.6. The highest BCUT2D eigenvalue weighted by Crippen LogP contribution is 2.75. The zero-order valence-corrected chi connectivity index (χ0v) is 22.7. The first-order valence-electron chi connectivity index (χ1n) is 14.1. The maximum absolute atomic E-state index is 12.8. The molecular weight excluding hydrogens is 440 g/mol. The number of aliphatic carboxylic acids is 1. The average Bonchev–Trinajstić information content (AvgIpc) is 2.80. The lowest BCUT2D eigenvalue weighted by atomic mass is 9.33. The predicted octanol–water partition coefficient (Wildman–Crippen LogP) is 5.03. The second-order valence-corrected chi connectivity index (χ2v) is 14.5. The Morgan fingerprint density at radius 3 is 2.31 bits per heavy atom. The molecule has 2 unspecified atom stereocenters. The number of aliphatic hydroxyl groups is 3. The zero-order valence-electron chi connectivity index (χ0n) is 22.7. The average molecular weight is 489 g/mol. The highest BCUT2D eigenvalue weighted by atomic mass is 16.4. The molecule has 0 aromatic rings.